The number of nitrogens with one attached hydrogen (secondary N) is 1. The lowest BCUT2D eigenvalue weighted by atomic mass is 9.68. The topological polar surface area (TPSA) is 12.0 Å². The molecule has 2 heteroatoms. The van der Waals surface area contributed by atoms with Crippen molar-refractivity contribution in [3.8, 4) is 0 Å². The summed E-state index contributed by atoms with van der Waals surface area (Å²) >= 11 is 2.17. The van der Waals surface area contributed by atoms with Crippen molar-refractivity contribution in [2.75, 3.05) is 5.75 Å². The number of hydrogen-bond acceptors (Lipinski definition) is 2. The molecule has 0 radical (unpaired) electrons. The Morgan fingerprint density at radius 2 is 1.94 bits per heavy atom. The fourth-order valence-electron chi connectivity index (χ4n) is 5.07. The van der Waals surface area contributed by atoms with Gasteiger partial charge in [-0.05, 0) is 54.6 Å². The average molecular weight is 267 g/mol. The highest BCUT2D eigenvalue weighted by atomic mass is 32.2. The summed E-state index contributed by atoms with van der Waals surface area (Å²) in [4.78, 5) is 0. The maximum Gasteiger partial charge on any atom is 0.0187 e. The molecular formula is C16H29NS. The Labute approximate surface area is 117 Å². The minimum Gasteiger partial charge on any atom is -0.309 e. The summed E-state index contributed by atoms with van der Waals surface area (Å²) in [5, 5.41) is 4.91. The van der Waals surface area contributed by atoms with Crippen LogP contribution in [-0.4, -0.2) is 23.1 Å². The maximum absolute atomic E-state index is 4.11. The average Bonchev–Trinajstić information content (AvgIpc) is 2.78. The molecular weight excluding hydrogens is 238 g/mol. The van der Waals surface area contributed by atoms with Gasteiger partial charge in [0.25, 0.3) is 0 Å². The van der Waals surface area contributed by atoms with Crippen molar-refractivity contribution in [3.05, 3.63) is 0 Å². The molecule has 1 nitrogen and oxygen atoms in total. The molecule has 0 amide bonds. The van der Waals surface area contributed by atoms with Gasteiger partial charge in [-0.2, -0.15) is 11.8 Å². The SMILES string of the molecule is CC1SCCCC1NC1C2(C)CCC(C2)C1(C)C. The van der Waals surface area contributed by atoms with E-state index in [1.807, 2.05) is 0 Å². The van der Waals surface area contributed by atoms with Gasteiger partial charge >= 0.3 is 0 Å². The van der Waals surface area contributed by atoms with E-state index in [0.29, 0.717) is 10.8 Å². The van der Waals surface area contributed by atoms with Gasteiger partial charge in [0.05, 0.1) is 0 Å². The molecule has 1 heterocycles. The molecule has 2 bridgehead atoms. The number of rotatable bonds is 2. The van der Waals surface area contributed by atoms with Gasteiger partial charge in [-0.1, -0.05) is 27.7 Å². The third-order valence-electron chi connectivity index (χ3n) is 6.26. The van der Waals surface area contributed by atoms with Crippen molar-refractivity contribution in [3.63, 3.8) is 0 Å². The van der Waals surface area contributed by atoms with Crippen molar-refractivity contribution in [2.24, 2.45) is 16.7 Å². The van der Waals surface area contributed by atoms with E-state index in [0.717, 1.165) is 23.3 Å². The lowest BCUT2D eigenvalue weighted by Crippen LogP contribution is -2.56. The van der Waals surface area contributed by atoms with E-state index in [4.69, 9.17) is 0 Å². The summed E-state index contributed by atoms with van der Waals surface area (Å²) in [6.45, 7) is 9.99. The van der Waals surface area contributed by atoms with E-state index in [-0.39, 0.29) is 0 Å². The molecule has 104 valence electrons. The van der Waals surface area contributed by atoms with Crippen LogP contribution >= 0.6 is 11.8 Å². The first-order valence-corrected chi connectivity index (χ1v) is 8.86. The van der Waals surface area contributed by atoms with E-state index in [1.165, 1.54) is 37.9 Å². The number of fused-ring (bicyclic) bond motifs is 2. The van der Waals surface area contributed by atoms with Crippen LogP contribution in [0.15, 0.2) is 0 Å². The van der Waals surface area contributed by atoms with Crippen LogP contribution < -0.4 is 5.32 Å². The zero-order valence-corrected chi connectivity index (χ0v) is 13.3. The number of hydrogen-bond donors (Lipinski definition) is 1. The van der Waals surface area contributed by atoms with Crippen LogP contribution in [0.3, 0.4) is 0 Å². The lowest BCUT2D eigenvalue weighted by molar-refractivity contribution is 0.0965. The van der Waals surface area contributed by atoms with Gasteiger partial charge in [0, 0.05) is 17.3 Å². The van der Waals surface area contributed by atoms with E-state index in [9.17, 15) is 0 Å². The summed E-state index contributed by atoms with van der Waals surface area (Å²) in [5.74, 6) is 2.33. The summed E-state index contributed by atoms with van der Waals surface area (Å²) in [5.41, 5.74) is 1.09. The van der Waals surface area contributed by atoms with Gasteiger partial charge in [-0.15, -0.1) is 0 Å². The molecule has 1 saturated heterocycles. The molecule has 0 aromatic carbocycles. The quantitative estimate of drug-likeness (QED) is 0.809. The number of thioether (sulfide) groups is 1. The van der Waals surface area contributed by atoms with Crippen LogP contribution in [0.2, 0.25) is 0 Å². The molecule has 3 rings (SSSR count). The van der Waals surface area contributed by atoms with Crippen LogP contribution in [0, 0.1) is 16.7 Å². The molecule has 1 aliphatic heterocycles. The first-order valence-electron chi connectivity index (χ1n) is 7.81. The van der Waals surface area contributed by atoms with Crippen LogP contribution in [0.25, 0.3) is 0 Å². The molecule has 3 aliphatic rings. The molecule has 18 heavy (non-hydrogen) atoms. The predicted octanol–water partition coefficient (Wildman–Crippen LogP) is 4.07. The van der Waals surface area contributed by atoms with Gasteiger partial charge in [0.2, 0.25) is 0 Å². The molecule has 0 aromatic heterocycles. The van der Waals surface area contributed by atoms with Gasteiger partial charge in [0.1, 0.15) is 0 Å². The van der Waals surface area contributed by atoms with Crippen LogP contribution in [0.4, 0.5) is 0 Å². The zero-order chi connectivity index (χ0) is 13.0. The molecule has 5 unspecified atom stereocenters. The highest BCUT2D eigenvalue weighted by molar-refractivity contribution is 7.99. The van der Waals surface area contributed by atoms with Gasteiger partial charge in [-0.25, -0.2) is 0 Å². The minimum absolute atomic E-state index is 0.509. The molecule has 2 saturated carbocycles. The normalized spacial score (nSPS) is 50.7. The van der Waals surface area contributed by atoms with Crippen LogP contribution in [0.5, 0.6) is 0 Å². The van der Waals surface area contributed by atoms with Gasteiger partial charge < -0.3 is 5.32 Å². The fraction of sp³-hybridized carbons (Fsp3) is 1.00. The van der Waals surface area contributed by atoms with Gasteiger partial charge in [0.15, 0.2) is 0 Å². The summed E-state index contributed by atoms with van der Waals surface area (Å²) in [6, 6.07) is 1.50. The first-order chi connectivity index (χ1) is 8.43. The Hall–Kier alpha value is 0.310. The van der Waals surface area contributed by atoms with Crippen molar-refractivity contribution in [1.82, 2.24) is 5.32 Å². The molecule has 0 spiro atoms. The largest absolute Gasteiger partial charge is 0.309 e. The molecule has 1 N–H and O–H groups in total. The standard InChI is InChI=1S/C16H29NS/c1-11-13(6-5-9-18-11)17-14-15(2,3)12-7-8-16(14,4)10-12/h11-14,17H,5-10H2,1-4H3. The summed E-state index contributed by atoms with van der Waals surface area (Å²) in [7, 11) is 0. The lowest BCUT2D eigenvalue weighted by Gasteiger charge is -2.46. The highest BCUT2D eigenvalue weighted by Crippen LogP contribution is 2.62. The molecule has 2 aliphatic carbocycles. The second kappa shape index (κ2) is 4.41. The second-order valence-corrected chi connectivity index (χ2v) is 9.32. The summed E-state index contributed by atoms with van der Waals surface area (Å²) in [6.07, 6.45) is 7.18. The smallest absolute Gasteiger partial charge is 0.0187 e. The Balaban J connectivity index is 1.75. The molecule has 5 atom stereocenters. The van der Waals surface area contributed by atoms with E-state index in [2.05, 4.69) is 44.8 Å². The molecule has 3 fully saturated rings. The Bertz CT molecular complexity index is 322. The third kappa shape index (κ3) is 1.95. The minimum atomic E-state index is 0.509. The van der Waals surface area contributed by atoms with E-state index in [1.54, 1.807) is 0 Å². The monoisotopic (exact) mass is 267 g/mol. The highest BCUT2D eigenvalue weighted by Gasteiger charge is 2.59. The zero-order valence-electron chi connectivity index (χ0n) is 12.5. The maximum atomic E-state index is 4.11. The first kappa shape index (κ1) is 13.3. The fourth-order valence-corrected chi connectivity index (χ4v) is 6.23. The summed E-state index contributed by atoms with van der Waals surface area (Å²) < 4.78 is 0. The predicted molar refractivity (Wildman–Crippen MR) is 81.1 cm³/mol. The third-order valence-corrected chi connectivity index (χ3v) is 7.64. The van der Waals surface area contributed by atoms with Crippen LogP contribution in [0.1, 0.15) is 59.8 Å². The van der Waals surface area contributed by atoms with Crippen molar-refractivity contribution >= 4 is 11.8 Å². The van der Waals surface area contributed by atoms with Crippen molar-refractivity contribution in [2.45, 2.75) is 77.1 Å². The Kier molecular flexibility index (Phi) is 3.26. The Morgan fingerprint density at radius 3 is 2.56 bits per heavy atom. The molecule has 0 aromatic rings. The van der Waals surface area contributed by atoms with Gasteiger partial charge in [-0.3, -0.25) is 0 Å². The van der Waals surface area contributed by atoms with E-state index >= 15 is 0 Å². The second-order valence-electron chi connectivity index (χ2n) is 7.84. The van der Waals surface area contributed by atoms with Crippen LogP contribution in [-0.2, 0) is 0 Å². The van der Waals surface area contributed by atoms with Crippen molar-refractivity contribution < 1.29 is 0 Å². The van der Waals surface area contributed by atoms with Crippen molar-refractivity contribution in [1.29, 1.82) is 0 Å². The van der Waals surface area contributed by atoms with E-state index < -0.39 is 0 Å². The Morgan fingerprint density at radius 1 is 1.17 bits per heavy atom.